The molecule has 0 amide bonds. The largest absolute Gasteiger partial charge is 0.416 e. The lowest BCUT2D eigenvalue weighted by Crippen LogP contribution is -2.06. The minimum Gasteiger partial charge on any atom is -0.393 e. The predicted molar refractivity (Wildman–Crippen MR) is 59.9 cm³/mol. The fraction of sp³-hybridized carbons (Fsp3) is 0.417. The van der Waals surface area contributed by atoms with E-state index in [0.29, 0.717) is 11.3 Å². The maximum atomic E-state index is 12.3. The monoisotopic (exact) mass is 245 g/mol. The summed E-state index contributed by atoms with van der Waals surface area (Å²) in [5.41, 5.74) is 0.491. The average Bonchev–Trinajstić information content (AvgIpc) is 2.25. The number of hydrogen-bond donors (Lipinski definition) is 0. The number of oxime groups is 1. The van der Waals surface area contributed by atoms with E-state index in [4.69, 9.17) is 4.84 Å². The van der Waals surface area contributed by atoms with Crippen LogP contribution in [0.3, 0.4) is 0 Å². The molecule has 0 aliphatic heterocycles. The highest BCUT2D eigenvalue weighted by Gasteiger charge is 2.29. The van der Waals surface area contributed by atoms with Crippen LogP contribution in [-0.4, -0.2) is 11.8 Å². The summed E-state index contributed by atoms with van der Waals surface area (Å²) in [6.07, 6.45) is -4.36. The Bertz CT molecular complexity index is 393. The van der Waals surface area contributed by atoms with Crippen molar-refractivity contribution in [2.24, 2.45) is 5.16 Å². The molecule has 5 heteroatoms. The Kier molecular flexibility index (Phi) is 4.15. The van der Waals surface area contributed by atoms with E-state index in [2.05, 4.69) is 5.16 Å². The number of alkyl halides is 3. The van der Waals surface area contributed by atoms with Crippen LogP contribution in [0, 0.1) is 0 Å². The molecule has 0 aliphatic rings. The molecular formula is C12H14F3NO. The molecule has 1 aromatic carbocycles. The van der Waals surface area contributed by atoms with Crippen LogP contribution in [0.1, 0.15) is 31.9 Å². The third-order valence-electron chi connectivity index (χ3n) is 2.03. The zero-order valence-electron chi connectivity index (χ0n) is 9.88. The highest BCUT2D eigenvalue weighted by molar-refractivity contribution is 5.98. The van der Waals surface area contributed by atoms with Gasteiger partial charge in [0.25, 0.3) is 0 Å². The Morgan fingerprint density at radius 3 is 2.12 bits per heavy atom. The summed E-state index contributed by atoms with van der Waals surface area (Å²) in [6.45, 7) is 5.33. The number of rotatable bonds is 3. The van der Waals surface area contributed by atoms with E-state index in [1.165, 1.54) is 12.1 Å². The molecule has 0 aromatic heterocycles. The van der Waals surface area contributed by atoms with Crippen molar-refractivity contribution in [2.45, 2.75) is 33.1 Å². The van der Waals surface area contributed by atoms with E-state index >= 15 is 0 Å². The number of benzene rings is 1. The normalized spacial score (nSPS) is 13.0. The van der Waals surface area contributed by atoms with Gasteiger partial charge in [0, 0.05) is 0 Å². The van der Waals surface area contributed by atoms with Gasteiger partial charge in [-0.2, -0.15) is 13.2 Å². The SMILES string of the molecule is CC(=NOC(C)C)c1ccc(C(F)(F)F)cc1. The van der Waals surface area contributed by atoms with Crippen LogP contribution in [0.2, 0.25) is 0 Å². The summed E-state index contributed by atoms with van der Waals surface area (Å²) in [4.78, 5) is 5.02. The van der Waals surface area contributed by atoms with Crippen molar-refractivity contribution in [3.8, 4) is 0 Å². The number of hydrogen-bond acceptors (Lipinski definition) is 2. The molecule has 0 atom stereocenters. The van der Waals surface area contributed by atoms with Gasteiger partial charge in [-0.15, -0.1) is 0 Å². The van der Waals surface area contributed by atoms with Crippen molar-refractivity contribution in [1.29, 1.82) is 0 Å². The molecule has 0 spiro atoms. The van der Waals surface area contributed by atoms with Gasteiger partial charge in [-0.1, -0.05) is 17.3 Å². The van der Waals surface area contributed by atoms with Crippen LogP contribution >= 0.6 is 0 Å². The van der Waals surface area contributed by atoms with Gasteiger partial charge in [0.2, 0.25) is 0 Å². The van der Waals surface area contributed by atoms with E-state index in [0.717, 1.165) is 12.1 Å². The zero-order valence-corrected chi connectivity index (χ0v) is 9.88. The van der Waals surface area contributed by atoms with Gasteiger partial charge in [0.05, 0.1) is 11.3 Å². The van der Waals surface area contributed by atoms with Crippen LogP contribution in [-0.2, 0) is 11.0 Å². The Morgan fingerprint density at radius 1 is 1.18 bits per heavy atom. The zero-order chi connectivity index (χ0) is 13.1. The first-order chi connectivity index (χ1) is 7.80. The predicted octanol–water partition coefficient (Wildman–Crippen LogP) is 3.85. The maximum absolute atomic E-state index is 12.3. The lowest BCUT2D eigenvalue weighted by molar-refractivity contribution is -0.137. The molecule has 1 rings (SSSR count). The molecule has 0 aliphatic carbocycles. The molecule has 0 N–H and O–H groups in total. The van der Waals surface area contributed by atoms with Gasteiger partial charge < -0.3 is 4.84 Å². The molecular weight excluding hydrogens is 231 g/mol. The Labute approximate surface area is 98.1 Å². The van der Waals surface area contributed by atoms with Gasteiger partial charge in [0.1, 0.15) is 6.10 Å². The van der Waals surface area contributed by atoms with Crippen LogP contribution in [0.5, 0.6) is 0 Å². The van der Waals surface area contributed by atoms with E-state index < -0.39 is 11.7 Å². The molecule has 2 nitrogen and oxygen atoms in total. The van der Waals surface area contributed by atoms with E-state index in [9.17, 15) is 13.2 Å². The quantitative estimate of drug-likeness (QED) is 0.585. The van der Waals surface area contributed by atoms with Crippen LogP contribution in [0.4, 0.5) is 13.2 Å². The van der Waals surface area contributed by atoms with Crippen LogP contribution < -0.4 is 0 Å². The molecule has 0 radical (unpaired) electrons. The fourth-order valence-corrected chi connectivity index (χ4v) is 1.14. The lowest BCUT2D eigenvalue weighted by atomic mass is 10.1. The van der Waals surface area contributed by atoms with Crippen LogP contribution in [0.15, 0.2) is 29.4 Å². The van der Waals surface area contributed by atoms with Crippen molar-refractivity contribution in [2.75, 3.05) is 0 Å². The van der Waals surface area contributed by atoms with Crippen molar-refractivity contribution in [3.63, 3.8) is 0 Å². The second-order valence-corrected chi connectivity index (χ2v) is 3.91. The standard InChI is InChI=1S/C12H14F3NO/c1-8(2)17-16-9(3)10-4-6-11(7-5-10)12(13,14)15/h4-8H,1-3H3. The first-order valence-electron chi connectivity index (χ1n) is 5.18. The topological polar surface area (TPSA) is 21.6 Å². The van der Waals surface area contributed by atoms with Gasteiger partial charge in [-0.3, -0.25) is 0 Å². The van der Waals surface area contributed by atoms with Crippen molar-refractivity contribution in [1.82, 2.24) is 0 Å². The average molecular weight is 245 g/mol. The molecule has 0 heterocycles. The molecule has 94 valence electrons. The molecule has 0 saturated carbocycles. The van der Waals surface area contributed by atoms with Gasteiger partial charge in [-0.25, -0.2) is 0 Å². The molecule has 0 unspecified atom stereocenters. The summed E-state index contributed by atoms with van der Waals surface area (Å²) >= 11 is 0. The summed E-state index contributed by atoms with van der Waals surface area (Å²) in [5, 5.41) is 3.82. The Morgan fingerprint density at radius 2 is 1.71 bits per heavy atom. The first kappa shape index (κ1) is 13.5. The highest BCUT2D eigenvalue weighted by atomic mass is 19.4. The van der Waals surface area contributed by atoms with E-state index in [1.807, 2.05) is 13.8 Å². The summed E-state index contributed by atoms with van der Waals surface area (Å²) in [6, 6.07) is 4.82. The van der Waals surface area contributed by atoms with Gasteiger partial charge >= 0.3 is 6.18 Å². The van der Waals surface area contributed by atoms with Crippen LogP contribution in [0.25, 0.3) is 0 Å². The van der Waals surface area contributed by atoms with Crippen molar-refractivity contribution in [3.05, 3.63) is 35.4 Å². The molecule has 17 heavy (non-hydrogen) atoms. The third-order valence-corrected chi connectivity index (χ3v) is 2.03. The molecule has 0 bridgehead atoms. The minimum absolute atomic E-state index is 0.0561. The summed E-state index contributed by atoms with van der Waals surface area (Å²) in [7, 11) is 0. The Balaban J connectivity index is 2.84. The second-order valence-electron chi connectivity index (χ2n) is 3.91. The van der Waals surface area contributed by atoms with Crippen molar-refractivity contribution >= 4 is 5.71 Å². The van der Waals surface area contributed by atoms with E-state index in [-0.39, 0.29) is 6.10 Å². The third kappa shape index (κ3) is 4.09. The Hall–Kier alpha value is -1.52. The minimum atomic E-state index is -4.31. The molecule has 0 saturated heterocycles. The van der Waals surface area contributed by atoms with E-state index in [1.54, 1.807) is 6.92 Å². The number of nitrogens with zero attached hydrogens (tertiary/aromatic N) is 1. The smallest absolute Gasteiger partial charge is 0.393 e. The first-order valence-corrected chi connectivity index (χ1v) is 5.18. The molecule has 1 aromatic rings. The van der Waals surface area contributed by atoms with Gasteiger partial charge in [0.15, 0.2) is 0 Å². The fourth-order valence-electron chi connectivity index (χ4n) is 1.14. The van der Waals surface area contributed by atoms with Crippen molar-refractivity contribution < 1.29 is 18.0 Å². The summed E-state index contributed by atoms with van der Waals surface area (Å²) < 4.78 is 37.0. The van der Waals surface area contributed by atoms with Gasteiger partial charge in [-0.05, 0) is 38.5 Å². The molecule has 0 fully saturated rings. The highest BCUT2D eigenvalue weighted by Crippen LogP contribution is 2.29. The summed E-state index contributed by atoms with van der Waals surface area (Å²) in [5.74, 6) is 0. The maximum Gasteiger partial charge on any atom is 0.416 e. The number of halogens is 3. The second kappa shape index (κ2) is 5.21. The lowest BCUT2D eigenvalue weighted by Gasteiger charge is -2.08.